The van der Waals surface area contributed by atoms with E-state index in [4.69, 9.17) is 0 Å². The van der Waals surface area contributed by atoms with Gasteiger partial charge in [0.2, 0.25) is 0 Å². The summed E-state index contributed by atoms with van der Waals surface area (Å²) in [6, 6.07) is 5.88. The lowest BCUT2D eigenvalue weighted by Gasteiger charge is -2.24. The number of hydrogen-bond donors (Lipinski definition) is 1. The first kappa shape index (κ1) is 12.5. The van der Waals surface area contributed by atoms with Crippen LogP contribution in [0.1, 0.15) is 50.2 Å². The molecule has 19 heavy (non-hydrogen) atoms. The minimum Gasteiger partial charge on any atom is -0.388 e. The van der Waals surface area contributed by atoms with Gasteiger partial charge in [-0.05, 0) is 18.4 Å². The van der Waals surface area contributed by atoms with Crippen molar-refractivity contribution in [3.8, 4) is 0 Å². The lowest BCUT2D eigenvalue weighted by Crippen LogP contribution is -2.11. The molecule has 1 aliphatic rings. The van der Waals surface area contributed by atoms with Crippen LogP contribution >= 0.6 is 0 Å². The monoisotopic (exact) mass is 256 g/mol. The van der Waals surface area contributed by atoms with Gasteiger partial charge in [-0.3, -0.25) is 9.97 Å². The van der Waals surface area contributed by atoms with E-state index in [0.717, 1.165) is 23.0 Å². The third kappa shape index (κ3) is 2.76. The molecule has 1 saturated carbocycles. The van der Waals surface area contributed by atoms with E-state index in [1.165, 1.54) is 32.1 Å². The van der Waals surface area contributed by atoms with Crippen molar-refractivity contribution in [2.45, 2.75) is 44.6 Å². The fourth-order valence-corrected chi connectivity index (χ4v) is 3.15. The van der Waals surface area contributed by atoms with Crippen molar-refractivity contribution in [3.63, 3.8) is 0 Å². The Morgan fingerprint density at radius 3 is 2.74 bits per heavy atom. The number of hydrogen-bond acceptors (Lipinski definition) is 3. The molecule has 3 nitrogen and oxygen atoms in total. The van der Waals surface area contributed by atoms with Gasteiger partial charge in [-0.2, -0.15) is 0 Å². The summed E-state index contributed by atoms with van der Waals surface area (Å²) in [4.78, 5) is 8.67. The fourth-order valence-electron chi connectivity index (χ4n) is 3.15. The van der Waals surface area contributed by atoms with Crippen LogP contribution in [0.25, 0.3) is 11.0 Å². The van der Waals surface area contributed by atoms with Crippen LogP contribution in [0.15, 0.2) is 30.6 Å². The Hall–Kier alpha value is -1.48. The molecule has 2 aromatic rings. The number of fused-ring (bicyclic) bond motifs is 1. The normalized spacial score (nSPS) is 18.6. The van der Waals surface area contributed by atoms with Gasteiger partial charge in [-0.1, -0.05) is 44.2 Å². The Kier molecular flexibility index (Phi) is 3.74. The average Bonchev–Trinajstić information content (AvgIpc) is 2.47. The number of nitrogens with zero attached hydrogens (tertiary/aromatic N) is 2. The van der Waals surface area contributed by atoms with Gasteiger partial charge < -0.3 is 5.11 Å². The van der Waals surface area contributed by atoms with Crippen LogP contribution in [-0.2, 0) is 0 Å². The van der Waals surface area contributed by atoms with Gasteiger partial charge in [-0.15, -0.1) is 0 Å². The minimum atomic E-state index is -0.413. The van der Waals surface area contributed by atoms with E-state index in [-0.39, 0.29) is 0 Å². The van der Waals surface area contributed by atoms with Crippen LogP contribution in [0.5, 0.6) is 0 Å². The Balaban J connectivity index is 1.82. The fraction of sp³-hybridized carbons (Fsp3) is 0.500. The average molecular weight is 256 g/mol. The van der Waals surface area contributed by atoms with Gasteiger partial charge in [0.05, 0.1) is 17.1 Å². The molecule has 1 N–H and O–H groups in total. The third-order valence-corrected chi connectivity index (χ3v) is 4.17. The standard InChI is InChI=1S/C16H20N2O/c19-15(11-12-5-2-1-3-6-12)13-7-4-8-14-16(13)18-10-9-17-14/h4,7-10,12,15,19H,1-3,5-6,11H2. The lowest BCUT2D eigenvalue weighted by atomic mass is 9.84. The van der Waals surface area contributed by atoms with Crippen molar-refractivity contribution in [1.82, 2.24) is 9.97 Å². The van der Waals surface area contributed by atoms with Crippen molar-refractivity contribution in [2.24, 2.45) is 5.92 Å². The quantitative estimate of drug-likeness (QED) is 0.912. The first-order chi connectivity index (χ1) is 9.34. The van der Waals surface area contributed by atoms with Crippen LogP contribution < -0.4 is 0 Å². The first-order valence-electron chi connectivity index (χ1n) is 7.22. The first-order valence-corrected chi connectivity index (χ1v) is 7.22. The van der Waals surface area contributed by atoms with Crippen molar-refractivity contribution < 1.29 is 5.11 Å². The van der Waals surface area contributed by atoms with E-state index in [0.29, 0.717) is 5.92 Å². The van der Waals surface area contributed by atoms with Crippen LogP contribution in [0, 0.1) is 5.92 Å². The van der Waals surface area contributed by atoms with Crippen LogP contribution in [-0.4, -0.2) is 15.1 Å². The van der Waals surface area contributed by atoms with Gasteiger partial charge in [0.15, 0.2) is 0 Å². The summed E-state index contributed by atoms with van der Waals surface area (Å²) in [5, 5.41) is 10.5. The molecule has 1 unspecified atom stereocenters. The summed E-state index contributed by atoms with van der Waals surface area (Å²) in [6.45, 7) is 0. The second-order valence-corrected chi connectivity index (χ2v) is 5.53. The summed E-state index contributed by atoms with van der Waals surface area (Å²) < 4.78 is 0. The molecule has 1 aromatic carbocycles. The highest BCUT2D eigenvalue weighted by Crippen LogP contribution is 2.33. The maximum Gasteiger partial charge on any atom is 0.0944 e. The summed E-state index contributed by atoms with van der Waals surface area (Å²) >= 11 is 0. The maximum absolute atomic E-state index is 10.5. The molecule has 1 fully saturated rings. The van der Waals surface area contributed by atoms with E-state index >= 15 is 0 Å². The van der Waals surface area contributed by atoms with Crippen LogP contribution in [0.2, 0.25) is 0 Å². The summed E-state index contributed by atoms with van der Waals surface area (Å²) in [7, 11) is 0. The molecule has 1 aliphatic carbocycles. The molecule has 1 atom stereocenters. The highest BCUT2D eigenvalue weighted by Gasteiger charge is 2.20. The largest absolute Gasteiger partial charge is 0.388 e. The molecule has 1 aromatic heterocycles. The van der Waals surface area contributed by atoms with Gasteiger partial charge in [0.25, 0.3) is 0 Å². The van der Waals surface area contributed by atoms with Gasteiger partial charge >= 0.3 is 0 Å². The Labute approximate surface area is 113 Å². The Morgan fingerprint density at radius 1 is 1.11 bits per heavy atom. The number of rotatable bonds is 3. The molecule has 0 spiro atoms. The highest BCUT2D eigenvalue weighted by atomic mass is 16.3. The molecule has 0 bridgehead atoms. The van der Waals surface area contributed by atoms with Gasteiger partial charge in [-0.25, -0.2) is 0 Å². The second kappa shape index (κ2) is 5.66. The molecular formula is C16H20N2O. The predicted molar refractivity (Wildman–Crippen MR) is 75.7 cm³/mol. The molecule has 100 valence electrons. The van der Waals surface area contributed by atoms with Crippen LogP contribution in [0.3, 0.4) is 0 Å². The molecule has 3 heteroatoms. The zero-order valence-corrected chi connectivity index (χ0v) is 11.1. The van der Waals surface area contributed by atoms with E-state index in [1.807, 2.05) is 18.2 Å². The molecule has 0 saturated heterocycles. The summed E-state index contributed by atoms with van der Waals surface area (Å²) in [6.07, 6.45) is 10.3. The third-order valence-electron chi connectivity index (χ3n) is 4.17. The van der Waals surface area contributed by atoms with Crippen molar-refractivity contribution in [3.05, 3.63) is 36.2 Å². The number of para-hydroxylation sites is 1. The maximum atomic E-state index is 10.5. The zero-order valence-electron chi connectivity index (χ0n) is 11.1. The van der Waals surface area contributed by atoms with Crippen molar-refractivity contribution in [2.75, 3.05) is 0 Å². The second-order valence-electron chi connectivity index (χ2n) is 5.53. The Bertz CT molecular complexity index is 544. The van der Waals surface area contributed by atoms with Gasteiger partial charge in [0.1, 0.15) is 0 Å². The number of aliphatic hydroxyl groups excluding tert-OH is 1. The summed E-state index contributed by atoms with van der Waals surface area (Å²) in [5.41, 5.74) is 2.63. The Morgan fingerprint density at radius 2 is 1.89 bits per heavy atom. The molecule has 0 radical (unpaired) electrons. The predicted octanol–water partition coefficient (Wildman–Crippen LogP) is 3.63. The number of aliphatic hydroxyl groups is 1. The van der Waals surface area contributed by atoms with E-state index in [2.05, 4.69) is 9.97 Å². The molecule has 3 rings (SSSR count). The topological polar surface area (TPSA) is 46.0 Å². The minimum absolute atomic E-state index is 0.413. The summed E-state index contributed by atoms with van der Waals surface area (Å²) in [5.74, 6) is 0.663. The molecular weight excluding hydrogens is 236 g/mol. The van der Waals surface area contributed by atoms with Crippen molar-refractivity contribution >= 4 is 11.0 Å². The molecule has 0 amide bonds. The SMILES string of the molecule is OC(CC1CCCCC1)c1cccc2nccnc12. The van der Waals surface area contributed by atoms with E-state index in [9.17, 15) is 5.11 Å². The van der Waals surface area contributed by atoms with Crippen LogP contribution in [0.4, 0.5) is 0 Å². The van der Waals surface area contributed by atoms with Gasteiger partial charge in [0, 0.05) is 18.0 Å². The number of benzene rings is 1. The highest BCUT2D eigenvalue weighted by molar-refractivity contribution is 5.77. The van der Waals surface area contributed by atoms with E-state index < -0.39 is 6.10 Å². The van der Waals surface area contributed by atoms with E-state index in [1.54, 1.807) is 12.4 Å². The number of aromatic nitrogens is 2. The molecule has 0 aliphatic heterocycles. The molecule has 1 heterocycles. The van der Waals surface area contributed by atoms with Crippen molar-refractivity contribution in [1.29, 1.82) is 0 Å². The smallest absolute Gasteiger partial charge is 0.0944 e. The lowest BCUT2D eigenvalue weighted by molar-refractivity contribution is 0.132. The zero-order chi connectivity index (χ0) is 13.1.